The topological polar surface area (TPSA) is 3.24 Å². The molecule has 0 aromatic rings. The molecule has 18 heavy (non-hydrogen) atoms. The Hall–Kier alpha value is 0.110. The van der Waals surface area contributed by atoms with Gasteiger partial charge in [0.05, 0.1) is 6.54 Å². The van der Waals surface area contributed by atoms with E-state index in [0.29, 0.717) is 0 Å². The maximum absolute atomic E-state index is 12.4. The summed E-state index contributed by atoms with van der Waals surface area (Å²) in [5.41, 5.74) is 0. The molecule has 4 heteroatoms. The van der Waals surface area contributed by atoms with Gasteiger partial charge in [-0.1, -0.05) is 52.4 Å². The molecular weight excluding hydrogens is 256 g/mol. The third-order valence-electron chi connectivity index (χ3n) is 3.05. The lowest BCUT2D eigenvalue weighted by Gasteiger charge is -2.21. The maximum atomic E-state index is 12.4. The van der Waals surface area contributed by atoms with Gasteiger partial charge in [-0.25, -0.2) is 8.78 Å². The third-order valence-corrected chi connectivity index (χ3v) is 3.05. The van der Waals surface area contributed by atoms with E-state index in [9.17, 15) is 8.78 Å². The molecule has 112 valence electrons. The first kappa shape index (κ1) is 20.4. The highest BCUT2D eigenvalue weighted by molar-refractivity contribution is 5.85. The Bertz CT molecular complexity index is 145. The molecule has 0 bridgehead atoms. The molecule has 0 amide bonds. The lowest BCUT2D eigenvalue weighted by molar-refractivity contribution is 0.0862. The Morgan fingerprint density at radius 1 is 0.778 bits per heavy atom. The van der Waals surface area contributed by atoms with Gasteiger partial charge in [-0.2, -0.15) is 0 Å². The van der Waals surface area contributed by atoms with Gasteiger partial charge in [0, 0.05) is 0 Å². The van der Waals surface area contributed by atoms with Crippen molar-refractivity contribution in [1.29, 1.82) is 0 Å². The Morgan fingerprint density at radius 2 is 1.22 bits per heavy atom. The number of rotatable bonds is 12. The molecule has 1 nitrogen and oxygen atoms in total. The van der Waals surface area contributed by atoms with Gasteiger partial charge in [0.1, 0.15) is 0 Å². The number of nitrogens with zero attached hydrogens (tertiary/aromatic N) is 1. The molecule has 0 radical (unpaired) electrons. The van der Waals surface area contributed by atoms with Crippen LogP contribution in [-0.2, 0) is 0 Å². The van der Waals surface area contributed by atoms with Crippen LogP contribution in [0.5, 0.6) is 0 Å². The Morgan fingerprint density at radius 3 is 1.56 bits per heavy atom. The molecule has 0 atom stereocenters. The quantitative estimate of drug-likeness (QED) is 0.449. The van der Waals surface area contributed by atoms with Crippen LogP contribution < -0.4 is 0 Å². The van der Waals surface area contributed by atoms with Crippen LogP contribution in [0, 0.1) is 0 Å². The van der Waals surface area contributed by atoms with Gasteiger partial charge in [-0.05, 0) is 25.9 Å². The second kappa shape index (κ2) is 15.2. The summed E-state index contributed by atoms with van der Waals surface area (Å²) in [6.45, 7) is 5.98. The molecular formula is C14H30ClF2N. The standard InChI is InChI=1S/C14H29F2N.ClH/c1-3-5-7-9-11-17(13-14(15)16)12-10-8-6-4-2;/h14H,3-13H2,1-2H3;1H. The maximum Gasteiger partial charge on any atom is 0.251 e. The van der Waals surface area contributed by atoms with E-state index >= 15 is 0 Å². The van der Waals surface area contributed by atoms with Gasteiger partial charge in [-0.15, -0.1) is 12.4 Å². The van der Waals surface area contributed by atoms with E-state index in [0.717, 1.165) is 25.9 Å². The van der Waals surface area contributed by atoms with Crippen LogP contribution in [0.4, 0.5) is 8.78 Å². The largest absolute Gasteiger partial charge is 0.298 e. The van der Waals surface area contributed by atoms with Gasteiger partial charge >= 0.3 is 0 Å². The highest BCUT2D eigenvalue weighted by Gasteiger charge is 2.10. The number of unbranched alkanes of at least 4 members (excludes halogenated alkanes) is 6. The summed E-state index contributed by atoms with van der Waals surface area (Å²) in [5.74, 6) is 0. The summed E-state index contributed by atoms with van der Waals surface area (Å²) >= 11 is 0. The number of hydrogen-bond donors (Lipinski definition) is 0. The van der Waals surface area contributed by atoms with E-state index < -0.39 is 6.43 Å². The smallest absolute Gasteiger partial charge is 0.251 e. The number of hydrogen-bond acceptors (Lipinski definition) is 1. The van der Waals surface area contributed by atoms with Gasteiger partial charge in [0.15, 0.2) is 0 Å². The monoisotopic (exact) mass is 285 g/mol. The average molecular weight is 286 g/mol. The second-order valence-corrected chi connectivity index (χ2v) is 4.81. The summed E-state index contributed by atoms with van der Waals surface area (Å²) in [7, 11) is 0. The summed E-state index contributed by atoms with van der Waals surface area (Å²) in [6.07, 6.45) is 7.12. The molecule has 0 heterocycles. The zero-order valence-corrected chi connectivity index (χ0v) is 12.8. The van der Waals surface area contributed by atoms with Crippen LogP contribution >= 0.6 is 12.4 Å². The van der Waals surface area contributed by atoms with Crippen molar-refractivity contribution in [2.75, 3.05) is 19.6 Å². The van der Waals surface area contributed by atoms with Gasteiger partial charge < -0.3 is 0 Å². The lowest BCUT2D eigenvalue weighted by Crippen LogP contribution is -2.31. The van der Waals surface area contributed by atoms with E-state index in [2.05, 4.69) is 13.8 Å². The minimum atomic E-state index is -2.19. The molecule has 0 spiro atoms. The minimum Gasteiger partial charge on any atom is -0.298 e. The van der Waals surface area contributed by atoms with Gasteiger partial charge in [0.2, 0.25) is 0 Å². The predicted octanol–water partition coefficient (Wildman–Crippen LogP) is 5.14. The molecule has 0 fully saturated rings. The van der Waals surface area contributed by atoms with E-state index in [1.54, 1.807) is 0 Å². The van der Waals surface area contributed by atoms with Crippen LogP contribution in [0.1, 0.15) is 65.2 Å². The fourth-order valence-electron chi connectivity index (χ4n) is 2.01. The van der Waals surface area contributed by atoms with Crippen molar-refractivity contribution in [2.45, 2.75) is 71.6 Å². The first-order valence-corrected chi connectivity index (χ1v) is 7.21. The second-order valence-electron chi connectivity index (χ2n) is 4.81. The average Bonchev–Trinajstić information content (AvgIpc) is 2.29. The van der Waals surface area contributed by atoms with Crippen molar-refractivity contribution in [3.8, 4) is 0 Å². The van der Waals surface area contributed by atoms with Crippen molar-refractivity contribution < 1.29 is 8.78 Å². The SMILES string of the molecule is CCCCCCN(CCCCCC)CC(F)F.Cl. The van der Waals surface area contributed by atoms with Crippen molar-refractivity contribution in [2.24, 2.45) is 0 Å². The highest BCUT2D eigenvalue weighted by Crippen LogP contribution is 2.07. The molecule has 0 aliphatic rings. The molecule has 0 aliphatic heterocycles. The predicted molar refractivity (Wildman–Crippen MR) is 78.0 cm³/mol. The molecule has 0 saturated heterocycles. The summed E-state index contributed by atoms with van der Waals surface area (Å²) < 4.78 is 24.8. The third kappa shape index (κ3) is 14.2. The van der Waals surface area contributed by atoms with E-state index in [4.69, 9.17) is 0 Å². The van der Waals surface area contributed by atoms with Crippen LogP contribution in [0.3, 0.4) is 0 Å². The molecule has 0 aromatic heterocycles. The number of alkyl halides is 2. The Balaban J connectivity index is 0. The minimum absolute atomic E-state index is 0. The highest BCUT2D eigenvalue weighted by atomic mass is 35.5. The summed E-state index contributed by atoms with van der Waals surface area (Å²) in [4.78, 5) is 1.94. The fourth-order valence-corrected chi connectivity index (χ4v) is 2.01. The first-order valence-electron chi connectivity index (χ1n) is 7.21. The summed E-state index contributed by atoms with van der Waals surface area (Å²) in [6, 6.07) is 0. The van der Waals surface area contributed by atoms with Crippen molar-refractivity contribution >= 4 is 12.4 Å². The molecule has 0 aromatic carbocycles. The van der Waals surface area contributed by atoms with Crippen molar-refractivity contribution in [1.82, 2.24) is 4.90 Å². The molecule has 0 rings (SSSR count). The lowest BCUT2D eigenvalue weighted by atomic mass is 10.1. The van der Waals surface area contributed by atoms with Crippen molar-refractivity contribution in [3.63, 3.8) is 0 Å². The van der Waals surface area contributed by atoms with E-state index in [1.165, 1.54) is 38.5 Å². The van der Waals surface area contributed by atoms with Crippen LogP contribution in [-0.4, -0.2) is 31.0 Å². The van der Waals surface area contributed by atoms with E-state index in [-0.39, 0.29) is 19.0 Å². The molecule has 0 unspecified atom stereocenters. The zero-order chi connectivity index (χ0) is 12.9. The Labute approximate surface area is 118 Å². The molecule has 0 N–H and O–H groups in total. The van der Waals surface area contributed by atoms with Crippen LogP contribution in [0.15, 0.2) is 0 Å². The first-order chi connectivity index (χ1) is 8.20. The Kier molecular flexibility index (Phi) is 17.2. The van der Waals surface area contributed by atoms with Crippen molar-refractivity contribution in [3.05, 3.63) is 0 Å². The van der Waals surface area contributed by atoms with E-state index in [1.807, 2.05) is 4.90 Å². The normalized spacial score (nSPS) is 11.0. The zero-order valence-electron chi connectivity index (χ0n) is 12.0. The van der Waals surface area contributed by atoms with Gasteiger partial charge in [0.25, 0.3) is 6.43 Å². The number of halogens is 3. The van der Waals surface area contributed by atoms with Crippen LogP contribution in [0.2, 0.25) is 0 Å². The summed E-state index contributed by atoms with van der Waals surface area (Å²) in [5, 5.41) is 0. The van der Waals surface area contributed by atoms with Crippen LogP contribution in [0.25, 0.3) is 0 Å². The molecule has 0 saturated carbocycles. The fraction of sp³-hybridized carbons (Fsp3) is 1.00. The van der Waals surface area contributed by atoms with Gasteiger partial charge in [-0.3, -0.25) is 4.90 Å². The molecule has 0 aliphatic carbocycles.